The first-order chi connectivity index (χ1) is 16.7. The molecule has 0 aliphatic carbocycles. The lowest BCUT2D eigenvalue weighted by atomic mass is 9.93. The number of benzene rings is 1. The molecule has 0 saturated heterocycles. The van der Waals surface area contributed by atoms with E-state index in [9.17, 15) is 24.3 Å². The highest BCUT2D eigenvalue weighted by Gasteiger charge is 2.37. The second-order valence-electron chi connectivity index (χ2n) is 10.1. The first kappa shape index (κ1) is 30.9. The predicted molar refractivity (Wildman–Crippen MR) is 135 cm³/mol. The Kier molecular flexibility index (Phi) is 11.9. The summed E-state index contributed by atoms with van der Waals surface area (Å²) in [5, 5.41) is 15.0. The van der Waals surface area contributed by atoms with E-state index < -0.39 is 48.2 Å². The monoisotopic (exact) mass is 507 g/mol. The summed E-state index contributed by atoms with van der Waals surface area (Å²) in [4.78, 5) is 52.8. The van der Waals surface area contributed by atoms with Gasteiger partial charge in [0.1, 0.15) is 24.2 Å². The van der Waals surface area contributed by atoms with Gasteiger partial charge in [0.2, 0.25) is 11.8 Å². The van der Waals surface area contributed by atoms with Crippen LogP contribution >= 0.6 is 0 Å². The quantitative estimate of drug-likeness (QED) is 0.392. The third-order valence-corrected chi connectivity index (χ3v) is 5.33. The predicted octanol–water partition coefficient (Wildman–Crippen LogP) is 2.39. The molecule has 2 unspecified atom stereocenters. The van der Waals surface area contributed by atoms with Gasteiger partial charge in [-0.2, -0.15) is 0 Å². The zero-order valence-electron chi connectivity index (χ0n) is 22.6. The van der Waals surface area contributed by atoms with Gasteiger partial charge in [-0.05, 0) is 63.6 Å². The zero-order chi connectivity index (χ0) is 27.6. The first-order valence-corrected chi connectivity index (χ1v) is 12.0. The van der Waals surface area contributed by atoms with E-state index in [4.69, 9.17) is 4.74 Å². The van der Waals surface area contributed by atoms with Crippen LogP contribution in [-0.4, -0.2) is 72.3 Å². The van der Waals surface area contributed by atoms with Gasteiger partial charge >= 0.3 is 12.1 Å². The minimum absolute atomic E-state index is 0.0247. The lowest BCUT2D eigenvalue weighted by Crippen LogP contribution is -2.54. The van der Waals surface area contributed by atoms with E-state index in [2.05, 4.69) is 15.4 Å². The highest BCUT2D eigenvalue weighted by atomic mass is 16.6. The van der Waals surface area contributed by atoms with Crippen LogP contribution in [0, 0.1) is 19.8 Å². The van der Waals surface area contributed by atoms with Gasteiger partial charge in [-0.25, -0.2) is 4.79 Å². The molecule has 0 heterocycles. The molecule has 10 heteroatoms. The van der Waals surface area contributed by atoms with Gasteiger partial charge in [-0.3, -0.25) is 14.4 Å². The maximum absolute atomic E-state index is 13.9. The molecule has 3 amide bonds. The molecule has 0 radical (unpaired) electrons. The number of rotatable bonds is 11. The fraction of sp³-hybridized carbons (Fsp3) is 0.615. The van der Waals surface area contributed by atoms with Gasteiger partial charge in [-0.15, -0.1) is 0 Å². The Bertz CT molecular complexity index is 904. The van der Waals surface area contributed by atoms with Crippen LogP contribution < -0.4 is 10.6 Å². The molecule has 3 N–H and O–H groups in total. The summed E-state index contributed by atoms with van der Waals surface area (Å²) >= 11 is 0. The number of nitrogens with zero attached hydrogens (tertiary/aromatic N) is 1. The van der Waals surface area contributed by atoms with Gasteiger partial charge in [0.05, 0.1) is 13.7 Å². The molecule has 0 saturated carbocycles. The zero-order valence-corrected chi connectivity index (χ0v) is 22.6. The van der Waals surface area contributed by atoms with Crippen LogP contribution in [0.1, 0.15) is 63.8 Å². The van der Waals surface area contributed by atoms with Crippen LogP contribution in [-0.2, 0) is 23.9 Å². The molecule has 0 aliphatic heterocycles. The Morgan fingerprint density at radius 3 is 2.14 bits per heavy atom. The summed E-state index contributed by atoms with van der Waals surface area (Å²) in [5.74, 6) is -1.78. The smallest absolute Gasteiger partial charge is 0.408 e. The average molecular weight is 508 g/mol. The number of hydrogen-bond acceptors (Lipinski definition) is 7. The van der Waals surface area contributed by atoms with Gasteiger partial charge < -0.3 is 30.1 Å². The van der Waals surface area contributed by atoms with E-state index in [0.29, 0.717) is 5.56 Å². The third-order valence-electron chi connectivity index (χ3n) is 5.33. The number of alkyl carbamates (subject to hydrolysis) is 1. The molecule has 202 valence electrons. The van der Waals surface area contributed by atoms with Gasteiger partial charge in [0, 0.05) is 6.54 Å². The maximum Gasteiger partial charge on any atom is 0.408 e. The maximum atomic E-state index is 13.9. The number of aryl methyl sites for hydroxylation is 2. The summed E-state index contributed by atoms with van der Waals surface area (Å²) in [5.41, 5.74) is 1.31. The second kappa shape index (κ2) is 13.8. The minimum atomic E-state index is -1.16. The van der Waals surface area contributed by atoms with Crippen LogP contribution in [0.25, 0.3) is 0 Å². The van der Waals surface area contributed by atoms with E-state index in [1.54, 1.807) is 20.8 Å². The molecule has 2 atom stereocenters. The molecule has 0 aliphatic rings. The summed E-state index contributed by atoms with van der Waals surface area (Å²) in [6.07, 6.45) is -0.479. The van der Waals surface area contributed by atoms with Crippen molar-refractivity contribution in [1.29, 1.82) is 0 Å². The largest absolute Gasteiger partial charge is 0.468 e. The molecular formula is C26H41N3O7. The second-order valence-corrected chi connectivity index (χ2v) is 10.1. The van der Waals surface area contributed by atoms with Crippen LogP contribution in [0.2, 0.25) is 0 Å². The summed E-state index contributed by atoms with van der Waals surface area (Å²) in [6, 6.07) is 3.29. The highest BCUT2D eigenvalue weighted by Crippen LogP contribution is 2.29. The van der Waals surface area contributed by atoms with Crippen LogP contribution in [0.15, 0.2) is 18.2 Å². The van der Waals surface area contributed by atoms with Crippen molar-refractivity contribution in [3.8, 4) is 0 Å². The first-order valence-electron chi connectivity index (χ1n) is 12.0. The third kappa shape index (κ3) is 9.49. The summed E-state index contributed by atoms with van der Waals surface area (Å²) in [7, 11) is 1.21. The van der Waals surface area contributed by atoms with Crippen LogP contribution in [0.5, 0.6) is 0 Å². The van der Waals surface area contributed by atoms with Crippen molar-refractivity contribution in [2.75, 3.05) is 26.8 Å². The molecule has 1 aromatic rings. The van der Waals surface area contributed by atoms with Crippen LogP contribution in [0.4, 0.5) is 4.79 Å². The van der Waals surface area contributed by atoms with Gasteiger partial charge in [0.15, 0.2) is 0 Å². The fourth-order valence-electron chi connectivity index (χ4n) is 3.83. The van der Waals surface area contributed by atoms with Crippen molar-refractivity contribution in [2.24, 2.45) is 5.92 Å². The van der Waals surface area contributed by atoms with E-state index in [0.717, 1.165) is 11.1 Å². The van der Waals surface area contributed by atoms with Gasteiger partial charge in [0.25, 0.3) is 0 Å². The molecular weight excluding hydrogens is 466 g/mol. The summed E-state index contributed by atoms with van der Waals surface area (Å²) < 4.78 is 9.97. The molecule has 0 aromatic heterocycles. The number of nitrogens with one attached hydrogen (secondary N) is 2. The molecule has 0 fully saturated rings. The lowest BCUT2D eigenvalue weighted by molar-refractivity contribution is -0.145. The molecule has 0 bridgehead atoms. The lowest BCUT2D eigenvalue weighted by Gasteiger charge is -2.35. The number of carbonyl (C=O) groups excluding carboxylic acids is 4. The van der Waals surface area contributed by atoms with E-state index in [1.165, 1.54) is 12.0 Å². The Morgan fingerprint density at radius 2 is 1.67 bits per heavy atom. The Hall–Kier alpha value is -3.14. The number of aliphatic hydroxyl groups excluding tert-OH is 1. The summed E-state index contributed by atoms with van der Waals surface area (Å²) in [6.45, 7) is 11.6. The average Bonchev–Trinajstić information content (AvgIpc) is 2.76. The van der Waals surface area contributed by atoms with Crippen molar-refractivity contribution < 1.29 is 33.8 Å². The fourth-order valence-corrected chi connectivity index (χ4v) is 3.83. The topological polar surface area (TPSA) is 134 Å². The van der Waals surface area contributed by atoms with Crippen LogP contribution in [0.3, 0.4) is 0 Å². The van der Waals surface area contributed by atoms with Gasteiger partial charge in [-0.1, -0.05) is 32.0 Å². The van der Waals surface area contributed by atoms with E-state index in [-0.39, 0.29) is 25.4 Å². The molecule has 36 heavy (non-hydrogen) atoms. The number of aliphatic hydroxyl groups is 1. The van der Waals surface area contributed by atoms with E-state index in [1.807, 2.05) is 45.9 Å². The Labute approximate surface area is 213 Å². The van der Waals surface area contributed by atoms with E-state index >= 15 is 0 Å². The van der Waals surface area contributed by atoms with Crippen molar-refractivity contribution in [1.82, 2.24) is 15.5 Å². The molecule has 1 aromatic carbocycles. The standard InChI is InChI=1S/C26H41N3O7/c1-16(2)14-19(28-25(34)36-26(5,6)7)24(33)29(12-13-30)22(23(32)27-15-20(31)35-8)21-17(3)10-9-11-18(21)4/h9-11,16,19,22,30H,12-15H2,1-8H3,(H,27,32)(H,28,34). The van der Waals surface area contributed by atoms with Crippen molar-refractivity contribution >= 4 is 23.9 Å². The number of ether oxygens (including phenoxy) is 2. The Balaban J connectivity index is 3.52. The minimum Gasteiger partial charge on any atom is -0.468 e. The molecule has 10 nitrogen and oxygen atoms in total. The number of esters is 1. The van der Waals surface area contributed by atoms with Crippen molar-refractivity contribution in [2.45, 2.75) is 72.6 Å². The van der Waals surface area contributed by atoms with Crippen molar-refractivity contribution in [3.05, 3.63) is 34.9 Å². The van der Waals surface area contributed by atoms with Crippen molar-refractivity contribution in [3.63, 3.8) is 0 Å². The molecule has 0 spiro atoms. The number of methoxy groups -OCH3 is 1. The SMILES string of the molecule is COC(=O)CNC(=O)C(c1c(C)cccc1C)N(CCO)C(=O)C(CC(C)C)NC(=O)OC(C)(C)C. The highest BCUT2D eigenvalue weighted by molar-refractivity contribution is 5.93. The Morgan fingerprint density at radius 1 is 1.08 bits per heavy atom. The number of carbonyl (C=O) groups is 4. The number of amides is 3. The molecule has 1 rings (SSSR count). The number of hydrogen-bond donors (Lipinski definition) is 3. The normalized spacial score (nSPS) is 12.9.